The van der Waals surface area contributed by atoms with Gasteiger partial charge in [-0.05, 0) is 56.6 Å². The molecule has 4 rings (SSSR count). The van der Waals surface area contributed by atoms with Gasteiger partial charge in [0.2, 0.25) is 0 Å². The van der Waals surface area contributed by atoms with Crippen LogP contribution in [0.1, 0.15) is 13.3 Å². The fourth-order valence-electron chi connectivity index (χ4n) is 3.11. The molecule has 0 fully saturated rings. The van der Waals surface area contributed by atoms with Crippen LogP contribution in [-0.4, -0.2) is 19.7 Å². The van der Waals surface area contributed by atoms with Crippen LogP contribution in [0.15, 0.2) is 53.9 Å². The topological polar surface area (TPSA) is 30.5 Å². The monoisotopic (exact) mass is 351 g/mol. The summed E-state index contributed by atoms with van der Waals surface area (Å²) in [6, 6.07) is 16.5. The molecule has 0 radical (unpaired) electrons. The first-order valence-corrected chi connectivity index (χ1v) is 9.44. The van der Waals surface area contributed by atoms with Gasteiger partial charge in [-0.2, -0.15) is 0 Å². The van der Waals surface area contributed by atoms with Crippen molar-refractivity contribution in [3.8, 4) is 38.8 Å². The highest BCUT2D eigenvalue weighted by Gasteiger charge is 2.22. The van der Waals surface area contributed by atoms with Crippen LogP contribution < -0.4 is 14.8 Å². The zero-order chi connectivity index (χ0) is 17.2. The van der Waals surface area contributed by atoms with E-state index < -0.39 is 0 Å². The van der Waals surface area contributed by atoms with Crippen molar-refractivity contribution in [1.82, 2.24) is 5.32 Å². The van der Waals surface area contributed by atoms with Crippen LogP contribution in [0.5, 0.6) is 17.2 Å². The third-order valence-corrected chi connectivity index (χ3v) is 5.35. The first kappa shape index (κ1) is 16.2. The van der Waals surface area contributed by atoms with Gasteiger partial charge in [0.1, 0.15) is 17.2 Å². The van der Waals surface area contributed by atoms with E-state index in [4.69, 9.17) is 9.47 Å². The number of fused-ring (bicyclic) bond motifs is 5. The summed E-state index contributed by atoms with van der Waals surface area (Å²) in [5, 5.41) is 5.30. The number of benzene rings is 2. The van der Waals surface area contributed by atoms with Gasteiger partial charge in [0.15, 0.2) is 0 Å². The van der Waals surface area contributed by atoms with Crippen molar-refractivity contribution in [3.63, 3.8) is 0 Å². The molecule has 2 heterocycles. The van der Waals surface area contributed by atoms with E-state index in [1.165, 1.54) is 10.4 Å². The third kappa shape index (κ3) is 3.15. The number of thiophene rings is 1. The van der Waals surface area contributed by atoms with E-state index in [0.717, 1.165) is 41.3 Å². The van der Waals surface area contributed by atoms with Gasteiger partial charge in [-0.3, -0.25) is 0 Å². The van der Waals surface area contributed by atoms with E-state index in [1.807, 2.05) is 31.3 Å². The second-order valence-electron chi connectivity index (χ2n) is 6.24. The minimum atomic E-state index is 0.154. The highest BCUT2D eigenvalue weighted by Crippen LogP contribution is 2.49. The summed E-state index contributed by atoms with van der Waals surface area (Å²) >= 11 is 1.75. The van der Waals surface area contributed by atoms with Crippen molar-refractivity contribution < 1.29 is 9.47 Å². The van der Waals surface area contributed by atoms with E-state index in [0.29, 0.717) is 0 Å². The summed E-state index contributed by atoms with van der Waals surface area (Å²) in [5.74, 6) is 2.59. The Bertz CT molecular complexity index is 887. The maximum absolute atomic E-state index is 6.26. The lowest BCUT2D eigenvalue weighted by Crippen LogP contribution is -2.19. The summed E-state index contributed by atoms with van der Waals surface area (Å²) in [7, 11) is 1.96. The molecular weight excluding hydrogens is 330 g/mol. The molecule has 1 aliphatic rings. The molecule has 1 aromatic heterocycles. The summed E-state index contributed by atoms with van der Waals surface area (Å²) in [5.41, 5.74) is 3.49. The SMILES string of the molecule is CNCCC(C)Oc1ccc2c(c1)Oc1ccccc1-c1ccsc1-2. The highest BCUT2D eigenvalue weighted by molar-refractivity contribution is 7.14. The number of hydrogen-bond acceptors (Lipinski definition) is 4. The van der Waals surface area contributed by atoms with Crippen molar-refractivity contribution in [2.45, 2.75) is 19.4 Å². The Balaban J connectivity index is 1.72. The molecule has 4 heteroatoms. The van der Waals surface area contributed by atoms with Crippen LogP contribution in [-0.2, 0) is 0 Å². The Morgan fingerprint density at radius 2 is 1.92 bits per heavy atom. The molecule has 0 saturated carbocycles. The van der Waals surface area contributed by atoms with Crippen molar-refractivity contribution in [2.24, 2.45) is 0 Å². The first-order chi connectivity index (χ1) is 12.3. The number of ether oxygens (including phenoxy) is 2. The van der Waals surface area contributed by atoms with Crippen molar-refractivity contribution in [1.29, 1.82) is 0 Å². The van der Waals surface area contributed by atoms with E-state index in [1.54, 1.807) is 11.3 Å². The molecule has 2 aromatic carbocycles. The smallest absolute Gasteiger partial charge is 0.139 e. The predicted molar refractivity (Wildman–Crippen MR) is 104 cm³/mol. The van der Waals surface area contributed by atoms with Crippen molar-refractivity contribution in [3.05, 3.63) is 53.9 Å². The molecular formula is C21H21NO2S. The minimum Gasteiger partial charge on any atom is -0.491 e. The van der Waals surface area contributed by atoms with Gasteiger partial charge in [-0.25, -0.2) is 0 Å². The summed E-state index contributed by atoms with van der Waals surface area (Å²) in [6.07, 6.45) is 1.12. The Labute approximate surface area is 152 Å². The predicted octanol–water partition coefficient (Wildman–Crippen LogP) is 5.56. The van der Waals surface area contributed by atoms with Gasteiger partial charge in [0.25, 0.3) is 0 Å². The molecule has 0 saturated heterocycles. The van der Waals surface area contributed by atoms with Gasteiger partial charge < -0.3 is 14.8 Å². The van der Waals surface area contributed by atoms with Crippen LogP contribution in [0.25, 0.3) is 21.6 Å². The van der Waals surface area contributed by atoms with E-state index in [2.05, 4.69) is 41.9 Å². The van der Waals surface area contributed by atoms with Crippen LogP contribution in [0, 0.1) is 0 Å². The summed E-state index contributed by atoms with van der Waals surface area (Å²) in [4.78, 5) is 1.25. The van der Waals surface area contributed by atoms with Gasteiger partial charge in [0.05, 0.1) is 6.10 Å². The Morgan fingerprint density at radius 3 is 2.80 bits per heavy atom. The molecule has 3 aromatic rings. The van der Waals surface area contributed by atoms with Crippen molar-refractivity contribution in [2.75, 3.05) is 13.6 Å². The molecule has 128 valence electrons. The van der Waals surface area contributed by atoms with Crippen molar-refractivity contribution >= 4 is 11.3 Å². The number of rotatable bonds is 5. The first-order valence-electron chi connectivity index (χ1n) is 8.56. The molecule has 0 amide bonds. The van der Waals surface area contributed by atoms with Gasteiger partial charge in [0, 0.05) is 27.6 Å². The average Bonchev–Trinajstić information content (AvgIpc) is 3.05. The van der Waals surface area contributed by atoms with Crippen LogP contribution in [0.2, 0.25) is 0 Å². The van der Waals surface area contributed by atoms with Crippen LogP contribution >= 0.6 is 11.3 Å². The lowest BCUT2D eigenvalue weighted by molar-refractivity contribution is 0.210. The van der Waals surface area contributed by atoms with E-state index in [9.17, 15) is 0 Å². The fraction of sp³-hybridized carbons (Fsp3) is 0.238. The minimum absolute atomic E-state index is 0.154. The molecule has 1 aliphatic heterocycles. The normalized spacial score (nSPS) is 13.0. The lowest BCUT2D eigenvalue weighted by atomic mass is 10.0. The summed E-state index contributed by atoms with van der Waals surface area (Å²) in [6.45, 7) is 3.03. The molecule has 0 spiro atoms. The molecule has 1 N–H and O–H groups in total. The second-order valence-corrected chi connectivity index (χ2v) is 7.16. The Morgan fingerprint density at radius 1 is 1.04 bits per heavy atom. The largest absolute Gasteiger partial charge is 0.491 e. The average molecular weight is 351 g/mol. The maximum atomic E-state index is 6.26. The third-order valence-electron chi connectivity index (χ3n) is 4.40. The van der Waals surface area contributed by atoms with Gasteiger partial charge in [-0.1, -0.05) is 18.2 Å². The molecule has 0 bridgehead atoms. The highest BCUT2D eigenvalue weighted by atomic mass is 32.1. The fourth-order valence-corrected chi connectivity index (χ4v) is 4.05. The van der Waals surface area contributed by atoms with E-state index >= 15 is 0 Å². The Hall–Kier alpha value is -2.30. The van der Waals surface area contributed by atoms with Crippen LogP contribution in [0.4, 0.5) is 0 Å². The zero-order valence-corrected chi connectivity index (χ0v) is 15.2. The summed E-state index contributed by atoms with van der Waals surface area (Å²) < 4.78 is 12.3. The lowest BCUT2D eigenvalue weighted by Gasteiger charge is -2.16. The second kappa shape index (κ2) is 6.90. The zero-order valence-electron chi connectivity index (χ0n) is 14.4. The van der Waals surface area contributed by atoms with Gasteiger partial charge >= 0.3 is 0 Å². The molecule has 1 unspecified atom stereocenters. The quantitative estimate of drug-likeness (QED) is 0.510. The maximum Gasteiger partial charge on any atom is 0.139 e. The van der Waals surface area contributed by atoms with Gasteiger partial charge in [-0.15, -0.1) is 11.3 Å². The van der Waals surface area contributed by atoms with E-state index in [-0.39, 0.29) is 6.10 Å². The van der Waals surface area contributed by atoms with Crippen LogP contribution in [0.3, 0.4) is 0 Å². The number of hydrogen-bond donors (Lipinski definition) is 1. The molecule has 0 aliphatic carbocycles. The standard InChI is InChI=1S/C21H21NO2S/c1-14(9-11-22-2)23-15-7-8-18-20(13-15)24-19-6-4-3-5-16(19)17-10-12-25-21(17)18/h3-8,10,12-14,22H,9,11H2,1-2H3. The molecule has 3 nitrogen and oxygen atoms in total. The number of para-hydroxylation sites is 1. The number of nitrogens with one attached hydrogen (secondary N) is 1. The molecule has 1 atom stereocenters. The molecule has 25 heavy (non-hydrogen) atoms. The Kier molecular flexibility index (Phi) is 4.47.